The third-order valence-electron chi connectivity index (χ3n) is 5.61. The molecule has 0 bridgehead atoms. The van der Waals surface area contributed by atoms with E-state index in [1.807, 2.05) is 0 Å². The van der Waals surface area contributed by atoms with Crippen LogP contribution in [-0.2, 0) is 4.74 Å². The van der Waals surface area contributed by atoms with Crippen LogP contribution in [0.25, 0.3) is 0 Å². The van der Waals surface area contributed by atoms with Crippen LogP contribution in [0, 0.1) is 10.8 Å². The summed E-state index contributed by atoms with van der Waals surface area (Å²) < 4.78 is 5.84. The predicted octanol–water partition coefficient (Wildman–Crippen LogP) is 2.95. The first kappa shape index (κ1) is 16.3. The van der Waals surface area contributed by atoms with Crippen LogP contribution in [0.2, 0.25) is 0 Å². The van der Waals surface area contributed by atoms with E-state index in [2.05, 4.69) is 38.3 Å². The minimum absolute atomic E-state index is 0.283. The van der Waals surface area contributed by atoms with Gasteiger partial charge in [-0.25, -0.2) is 0 Å². The lowest BCUT2D eigenvalue weighted by Crippen LogP contribution is -2.63. The molecule has 0 radical (unpaired) electrons. The Morgan fingerprint density at radius 1 is 1.30 bits per heavy atom. The molecule has 3 heteroatoms. The lowest BCUT2D eigenvalue weighted by atomic mass is 9.64. The number of hydrogen-bond acceptors (Lipinski definition) is 3. The van der Waals surface area contributed by atoms with E-state index in [1.54, 1.807) is 0 Å². The Morgan fingerprint density at radius 2 is 2.10 bits per heavy atom. The highest BCUT2D eigenvalue weighted by atomic mass is 16.5. The fourth-order valence-corrected chi connectivity index (χ4v) is 4.07. The number of nitrogens with one attached hydrogen (secondary N) is 2. The van der Waals surface area contributed by atoms with Gasteiger partial charge in [0.25, 0.3) is 0 Å². The largest absolute Gasteiger partial charge is 0.378 e. The Balaban J connectivity index is 1.84. The first-order valence-electron chi connectivity index (χ1n) is 8.60. The molecule has 2 fully saturated rings. The molecule has 0 aromatic carbocycles. The molecule has 1 saturated carbocycles. The second-order valence-electron chi connectivity index (χ2n) is 7.46. The van der Waals surface area contributed by atoms with Gasteiger partial charge in [0.2, 0.25) is 0 Å². The number of hydrogen-bond donors (Lipinski definition) is 2. The molecule has 2 rings (SSSR count). The Kier molecular flexibility index (Phi) is 5.49. The molecule has 0 aromatic rings. The van der Waals surface area contributed by atoms with Gasteiger partial charge in [0, 0.05) is 31.2 Å². The summed E-state index contributed by atoms with van der Waals surface area (Å²) in [6, 6.07) is 0.620. The highest BCUT2D eigenvalue weighted by molar-refractivity contribution is 5.03. The van der Waals surface area contributed by atoms with E-state index < -0.39 is 0 Å². The minimum Gasteiger partial charge on any atom is -0.378 e. The summed E-state index contributed by atoms with van der Waals surface area (Å²) in [5.41, 5.74) is 0.769. The first-order valence-corrected chi connectivity index (χ1v) is 8.60. The van der Waals surface area contributed by atoms with Gasteiger partial charge in [-0.15, -0.1) is 0 Å². The zero-order valence-electron chi connectivity index (χ0n) is 13.9. The molecule has 1 saturated heterocycles. The zero-order valence-corrected chi connectivity index (χ0v) is 13.9. The summed E-state index contributed by atoms with van der Waals surface area (Å²) >= 11 is 0. The molecule has 3 nitrogen and oxygen atoms in total. The molecule has 0 aromatic heterocycles. The molecule has 20 heavy (non-hydrogen) atoms. The molecular weight excluding hydrogens is 248 g/mol. The molecule has 1 heterocycles. The molecular formula is C17H34N2O. The van der Waals surface area contributed by atoms with E-state index in [0.717, 1.165) is 6.61 Å². The minimum atomic E-state index is 0.283. The van der Waals surface area contributed by atoms with Crippen molar-refractivity contribution in [1.82, 2.24) is 10.6 Å². The van der Waals surface area contributed by atoms with Gasteiger partial charge in [-0.3, -0.25) is 0 Å². The van der Waals surface area contributed by atoms with Crippen LogP contribution in [0.1, 0.15) is 59.8 Å². The molecule has 0 spiro atoms. The van der Waals surface area contributed by atoms with Crippen LogP contribution in [0.15, 0.2) is 0 Å². The highest BCUT2D eigenvalue weighted by Gasteiger charge is 2.49. The van der Waals surface area contributed by atoms with Crippen LogP contribution < -0.4 is 10.6 Å². The number of rotatable bonds is 7. The standard InChI is InChI=1S/C17H34N2O/c1-5-8-17(9-7-10-18-12-17)13-19-14-11-15(20-6-2)16(14,3)4/h14-15,18-19H,5-13H2,1-4H3. The van der Waals surface area contributed by atoms with Crippen molar-refractivity contribution in [2.45, 2.75) is 71.9 Å². The smallest absolute Gasteiger partial charge is 0.0655 e. The molecule has 3 atom stereocenters. The quantitative estimate of drug-likeness (QED) is 0.753. The molecule has 3 unspecified atom stereocenters. The maximum atomic E-state index is 5.84. The van der Waals surface area contributed by atoms with Gasteiger partial charge in [0.05, 0.1) is 6.10 Å². The van der Waals surface area contributed by atoms with E-state index in [4.69, 9.17) is 4.74 Å². The first-order chi connectivity index (χ1) is 9.54. The Bertz CT molecular complexity index is 292. The predicted molar refractivity (Wildman–Crippen MR) is 85.0 cm³/mol. The number of ether oxygens (including phenoxy) is 1. The maximum absolute atomic E-state index is 5.84. The van der Waals surface area contributed by atoms with Crippen molar-refractivity contribution < 1.29 is 4.74 Å². The Morgan fingerprint density at radius 3 is 2.65 bits per heavy atom. The van der Waals surface area contributed by atoms with Crippen molar-refractivity contribution in [2.75, 3.05) is 26.2 Å². The van der Waals surface area contributed by atoms with Gasteiger partial charge in [-0.1, -0.05) is 27.2 Å². The lowest BCUT2D eigenvalue weighted by molar-refractivity contribution is -0.116. The van der Waals surface area contributed by atoms with Crippen molar-refractivity contribution in [3.63, 3.8) is 0 Å². The summed E-state index contributed by atoms with van der Waals surface area (Å²) in [5, 5.41) is 7.48. The van der Waals surface area contributed by atoms with E-state index >= 15 is 0 Å². The summed E-state index contributed by atoms with van der Waals surface area (Å²) in [6.07, 6.45) is 6.96. The third-order valence-corrected chi connectivity index (χ3v) is 5.61. The second kappa shape index (κ2) is 6.76. The normalized spacial score (nSPS) is 36.6. The SMILES string of the molecule is CCCC1(CNC2CC(OCC)C2(C)C)CCCNC1. The summed E-state index contributed by atoms with van der Waals surface area (Å²) in [7, 11) is 0. The average molecular weight is 282 g/mol. The average Bonchev–Trinajstić information content (AvgIpc) is 2.43. The van der Waals surface area contributed by atoms with Crippen molar-refractivity contribution >= 4 is 0 Å². The van der Waals surface area contributed by atoms with Crippen LogP contribution >= 0.6 is 0 Å². The van der Waals surface area contributed by atoms with Gasteiger partial charge in [-0.05, 0) is 44.6 Å². The van der Waals surface area contributed by atoms with Gasteiger partial charge in [0.1, 0.15) is 0 Å². The highest BCUT2D eigenvalue weighted by Crippen LogP contribution is 2.43. The van der Waals surface area contributed by atoms with Crippen molar-refractivity contribution in [3.05, 3.63) is 0 Å². The third kappa shape index (κ3) is 3.37. The second-order valence-corrected chi connectivity index (χ2v) is 7.46. The van der Waals surface area contributed by atoms with E-state index in [9.17, 15) is 0 Å². The van der Waals surface area contributed by atoms with E-state index in [1.165, 1.54) is 51.7 Å². The Hall–Kier alpha value is -0.120. The molecule has 2 aliphatic rings. The van der Waals surface area contributed by atoms with Crippen LogP contribution in [0.3, 0.4) is 0 Å². The Labute approximate surface area is 125 Å². The molecule has 1 aliphatic heterocycles. The summed E-state index contributed by atoms with van der Waals surface area (Å²) in [6.45, 7) is 13.5. The fourth-order valence-electron chi connectivity index (χ4n) is 4.07. The van der Waals surface area contributed by atoms with Crippen molar-refractivity contribution in [3.8, 4) is 0 Å². The molecule has 2 N–H and O–H groups in total. The summed E-state index contributed by atoms with van der Waals surface area (Å²) in [5.74, 6) is 0. The maximum Gasteiger partial charge on any atom is 0.0655 e. The summed E-state index contributed by atoms with van der Waals surface area (Å²) in [4.78, 5) is 0. The molecule has 118 valence electrons. The number of piperidine rings is 1. The zero-order chi connectivity index (χ0) is 14.6. The van der Waals surface area contributed by atoms with Crippen LogP contribution in [0.5, 0.6) is 0 Å². The van der Waals surface area contributed by atoms with Gasteiger partial charge < -0.3 is 15.4 Å². The van der Waals surface area contributed by atoms with Gasteiger partial charge >= 0.3 is 0 Å². The topological polar surface area (TPSA) is 33.3 Å². The van der Waals surface area contributed by atoms with Crippen molar-refractivity contribution in [2.24, 2.45) is 10.8 Å². The van der Waals surface area contributed by atoms with Crippen molar-refractivity contribution in [1.29, 1.82) is 0 Å². The van der Waals surface area contributed by atoms with Gasteiger partial charge in [-0.2, -0.15) is 0 Å². The molecule has 0 amide bonds. The van der Waals surface area contributed by atoms with Crippen LogP contribution in [-0.4, -0.2) is 38.4 Å². The molecule has 1 aliphatic carbocycles. The van der Waals surface area contributed by atoms with Crippen LogP contribution in [0.4, 0.5) is 0 Å². The fraction of sp³-hybridized carbons (Fsp3) is 1.00. The van der Waals surface area contributed by atoms with E-state index in [-0.39, 0.29) is 5.41 Å². The lowest BCUT2D eigenvalue weighted by Gasteiger charge is -2.53. The van der Waals surface area contributed by atoms with Gasteiger partial charge in [0.15, 0.2) is 0 Å². The monoisotopic (exact) mass is 282 g/mol. The van der Waals surface area contributed by atoms with E-state index in [0.29, 0.717) is 17.6 Å².